The first kappa shape index (κ1) is 21.0. The van der Waals surface area contributed by atoms with Crippen LogP contribution in [0.3, 0.4) is 0 Å². The molecule has 0 saturated carbocycles. The lowest BCUT2D eigenvalue weighted by Crippen LogP contribution is -2.27. The van der Waals surface area contributed by atoms with E-state index in [1.165, 1.54) is 6.33 Å². The van der Waals surface area contributed by atoms with Gasteiger partial charge in [0.25, 0.3) is 0 Å². The lowest BCUT2D eigenvalue weighted by molar-refractivity contribution is -0.117. The van der Waals surface area contributed by atoms with Crippen molar-refractivity contribution >= 4 is 23.1 Å². The highest BCUT2D eigenvalue weighted by Gasteiger charge is 2.15. The van der Waals surface area contributed by atoms with Gasteiger partial charge in [0.1, 0.15) is 23.9 Å². The van der Waals surface area contributed by atoms with Gasteiger partial charge in [-0.1, -0.05) is 42.5 Å². The molecule has 0 bridgehead atoms. The average molecular weight is 425 g/mol. The number of nitrogens with one attached hydrogen (secondary N) is 2. The third-order valence-corrected chi connectivity index (χ3v) is 4.92. The second-order valence-corrected chi connectivity index (χ2v) is 7.07. The molecule has 7 nitrogen and oxygen atoms in total. The molecule has 0 saturated heterocycles. The van der Waals surface area contributed by atoms with Gasteiger partial charge in [0, 0.05) is 23.0 Å². The Morgan fingerprint density at radius 1 is 0.906 bits per heavy atom. The number of anilines is 3. The molecule has 0 aliphatic heterocycles. The number of ether oxygens (including phenoxy) is 1. The number of amides is 1. The number of aromatic nitrogens is 2. The Kier molecular flexibility index (Phi) is 6.38. The molecule has 1 unspecified atom stereocenters. The zero-order chi connectivity index (χ0) is 22.3. The second kappa shape index (κ2) is 9.72. The van der Waals surface area contributed by atoms with Crippen molar-refractivity contribution in [1.82, 2.24) is 9.97 Å². The molecule has 7 heteroatoms. The number of hydrogen-bond acceptors (Lipinski definition) is 6. The summed E-state index contributed by atoms with van der Waals surface area (Å²) in [6, 6.07) is 25.4. The summed E-state index contributed by atoms with van der Waals surface area (Å²) in [4.78, 5) is 21.1. The molecule has 3 aromatic carbocycles. The summed E-state index contributed by atoms with van der Waals surface area (Å²) in [5.41, 5.74) is 9.92. The predicted molar refractivity (Wildman–Crippen MR) is 126 cm³/mol. The smallest absolute Gasteiger partial charge is 0.245 e. The predicted octanol–water partition coefficient (Wildman–Crippen LogP) is 4.53. The minimum Gasteiger partial charge on any atom is -0.496 e. The summed E-state index contributed by atoms with van der Waals surface area (Å²) in [5.74, 6) is 1.11. The summed E-state index contributed by atoms with van der Waals surface area (Å²) >= 11 is 0. The topological polar surface area (TPSA) is 102 Å². The highest BCUT2D eigenvalue weighted by molar-refractivity contribution is 5.95. The Morgan fingerprint density at radius 3 is 2.34 bits per heavy atom. The van der Waals surface area contributed by atoms with Crippen LogP contribution >= 0.6 is 0 Å². The van der Waals surface area contributed by atoms with Gasteiger partial charge in [-0.2, -0.15) is 0 Å². The van der Waals surface area contributed by atoms with Gasteiger partial charge in [0.15, 0.2) is 0 Å². The van der Waals surface area contributed by atoms with E-state index >= 15 is 0 Å². The molecule has 0 aliphatic carbocycles. The van der Waals surface area contributed by atoms with Crippen LogP contribution in [0.25, 0.3) is 11.3 Å². The van der Waals surface area contributed by atoms with E-state index in [1.54, 1.807) is 19.2 Å². The number of para-hydroxylation sites is 1. The van der Waals surface area contributed by atoms with Gasteiger partial charge in [-0.25, -0.2) is 9.97 Å². The number of rotatable bonds is 7. The molecule has 4 N–H and O–H groups in total. The molecule has 1 amide bonds. The van der Waals surface area contributed by atoms with E-state index in [4.69, 9.17) is 10.5 Å². The molecular weight excluding hydrogens is 402 g/mol. The van der Waals surface area contributed by atoms with E-state index < -0.39 is 6.04 Å². The van der Waals surface area contributed by atoms with E-state index in [-0.39, 0.29) is 5.91 Å². The van der Waals surface area contributed by atoms with Crippen LogP contribution in [-0.2, 0) is 4.79 Å². The van der Waals surface area contributed by atoms with E-state index in [9.17, 15) is 4.79 Å². The molecule has 0 radical (unpaired) electrons. The zero-order valence-corrected chi connectivity index (χ0v) is 17.5. The minimum atomic E-state index is -0.733. The summed E-state index contributed by atoms with van der Waals surface area (Å²) in [6.07, 6.45) is 1.50. The molecule has 32 heavy (non-hydrogen) atoms. The third-order valence-electron chi connectivity index (χ3n) is 4.92. The quantitative estimate of drug-likeness (QED) is 0.402. The van der Waals surface area contributed by atoms with Crippen LogP contribution in [0, 0.1) is 0 Å². The number of methoxy groups -OCH3 is 1. The summed E-state index contributed by atoms with van der Waals surface area (Å²) in [5, 5.41) is 6.09. The minimum absolute atomic E-state index is 0.269. The molecular formula is C25H23N5O2. The van der Waals surface area contributed by atoms with Crippen molar-refractivity contribution in [1.29, 1.82) is 0 Å². The van der Waals surface area contributed by atoms with Crippen molar-refractivity contribution in [3.05, 3.63) is 96.8 Å². The number of benzene rings is 3. The molecule has 1 heterocycles. The average Bonchev–Trinajstić information content (AvgIpc) is 2.85. The van der Waals surface area contributed by atoms with E-state index in [0.717, 1.165) is 28.3 Å². The third kappa shape index (κ3) is 4.91. The fourth-order valence-electron chi connectivity index (χ4n) is 3.25. The van der Waals surface area contributed by atoms with Crippen LogP contribution in [0.1, 0.15) is 11.6 Å². The highest BCUT2D eigenvalue weighted by atomic mass is 16.5. The van der Waals surface area contributed by atoms with Gasteiger partial charge < -0.3 is 21.1 Å². The van der Waals surface area contributed by atoms with Crippen molar-refractivity contribution in [3.63, 3.8) is 0 Å². The summed E-state index contributed by atoms with van der Waals surface area (Å²) in [6.45, 7) is 0. The molecule has 4 aromatic rings. The van der Waals surface area contributed by atoms with Crippen molar-refractivity contribution in [2.24, 2.45) is 5.73 Å². The molecule has 0 aliphatic rings. The van der Waals surface area contributed by atoms with Crippen LogP contribution in [0.4, 0.5) is 17.2 Å². The van der Waals surface area contributed by atoms with Gasteiger partial charge in [-0.3, -0.25) is 4.79 Å². The zero-order valence-electron chi connectivity index (χ0n) is 17.5. The standard InChI is InChI=1S/C25H23N5O2/c1-32-22-10-6-5-9-20(22)21-15-23(28-16-27-21)29-18-11-13-19(14-12-18)30-25(31)24(26)17-7-3-2-4-8-17/h2-16,24H,26H2,1H3,(H,30,31)(H,27,28,29). The molecule has 0 spiro atoms. The maximum absolute atomic E-state index is 12.4. The van der Waals surface area contributed by atoms with Crippen molar-refractivity contribution in [3.8, 4) is 17.0 Å². The lowest BCUT2D eigenvalue weighted by Gasteiger charge is -2.13. The van der Waals surface area contributed by atoms with Crippen LogP contribution in [0.5, 0.6) is 5.75 Å². The van der Waals surface area contributed by atoms with Crippen LogP contribution < -0.4 is 21.1 Å². The number of nitrogens with two attached hydrogens (primary N) is 1. The Labute approximate surface area is 186 Å². The number of hydrogen-bond donors (Lipinski definition) is 3. The van der Waals surface area contributed by atoms with Gasteiger partial charge in [0.2, 0.25) is 5.91 Å². The molecule has 0 fully saturated rings. The van der Waals surface area contributed by atoms with Gasteiger partial charge >= 0.3 is 0 Å². The Hall–Kier alpha value is -4.23. The molecule has 1 atom stereocenters. The number of carbonyl (C=O) groups excluding carboxylic acids is 1. The fourth-order valence-corrected chi connectivity index (χ4v) is 3.25. The van der Waals surface area contributed by atoms with Crippen LogP contribution in [-0.4, -0.2) is 23.0 Å². The summed E-state index contributed by atoms with van der Waals surface area (Å²) in [7, 11) is 1.63. The highest BCUT2D eigenvalue weighted by Crippen LogP contribution is 2.29. The van der Waals surface area contributed by atoms with E-state index in [2.05, 4.69) is 20.6 Å². The number of nitrogens with zero attached hydrogens (tertiary/aromatic N) is 2. The van der Waals surface area contributed by atoms with Gasteiger partial charge in [-0.05, 0) is 42.0 Å². The molecule has 160 valence electrons. The molecule has 4 rings (SSSR count). The second-order valence-electron chi connectivity index (χ2n) is 7.07. The first-order valence-electron chi connectivity index (χ1n) is 10.1. The van der Waals surface area contributed by atoms with Crippen LogP contribution in [0.15, 0.2) is 91.3 Å². The van der Waals surface area contributed by atoms with Crippen molar-refractivity contribution in [2.45, 2.75) is 6.04 Å². The van der Waals surface area contributed by atoms with E-state index in [0.29, 0.717) is 11.5 Å². The first-order valence-corrected chi connectivity index (χ1v) is 10.1. The van der Waals surface area contributed by atoms with Gasteiger partial charge in [0.05, 0.1) is 12.8 Å². The summed E-state index contributed by atoms with van der Waals surface area (Å²) < 4.78 is 5.42. The van der Waals surface area contributed by atoms with Gasteiger partial charge in [-0.15, -0.1) is 0 Å². The Morgan fingerprint density at radius 2 is 1.59 bits per heavy atom. The van der Waals surface area contributed by atoms with Crippen LogP contribution in [0.2, 0.25) is 0 Å². The fraction of sp³-hybridized carbons (Fsp3) is 0.0800. The maximum atomic E-state index is 12.4. The SMILES string of the molecule is COc1ccccc1-c1cc(Nc2ccc(NC(=O)C(N)c3ccccc3)cc2)ncn1. The lowest BCUT2D eigenvalue weighted by atomic mass is 10.1. The number of carbonyl (C=O) groups is 1. The largest absolute Gasteiger partial charge is 0.496 e. The van der Waals surface area contributed by atoms with Crippen molar-refractivity contribution < 1.29 is 9.53 Å². The Balaban J connectivity index is 1.43. The monoisotopic (exact) mass is 425 g/mol. The molecule has 1 aromatic heterocycles. The maximum Gasteiger partial charge on any atom is 0.245 e. The van der Waals surface area contributed by atoms with Crippen molar-refractivity contribution in [2.75, 3.05) is 17.7 Å². The van der Waals surface area contributed by atoms with E-state index in [1.807, 2.05) is 72.8 Å². The first-order chi connectivity index (χ1) is 15.6. The normalized spacial score (nSPS) is 11.4. The Bertz CT molecular complexity index is 1200.